The Labute approximate surface area is 153 Å². The normalized spacial score (nSPS) is 11.3. The lowest BCUT2D eigenvalue weighted by atomic mass is 10.2. The van der Waals surface area contributed by atoms with E-state index in [1.54, 1.807) is 29.5 Å². The summed E-state index contributed by atoms with van der Waals surface area (Å²) in [5.41, 5.74) is 1.69. The number of carbonyl (C=O) groups excluding carboxylic acids is 1. The largest absolute Gasteiger partial charge is 0.435 e. The zero-order chi connectivity index (χ0) is 18.4. The third kappa shape index (κ3) is 5.10. The van der Waals surface area contributed by atoms with Crippen LogP contribution in [-0.4, -0.2) is 24.0 Å². The fourth-order valence-electron chi connectivity index (χ4n) is 2.31. The van der Waals surface area contributed by atoms with Gasteiger partial charge >= 0.3 is 6.61 Å². The molecule has 0 aliphatic carbocycles. The number of hydrogen-bond donors (Lipinski definition) is 1. The number of amides is 1. The van der Waals surface area contributed by atoms with Gasteiger partial charge in [-0.25, -0.2) is 4.98 Å². The van der Waals surface area contributed by atoms with Crippen LogP contribution in [-0.2, 0) is 11.2 Å². The monoisotopic (exact) mass is 374 g/mol. The molecular formula is C19H16F2N2O2S. The van der Waals surface area contributed by atoms with Crippen molar-refractivity contribution in [3.8, 4) is 5.75 Å². The van der Waals surface area contributed by atoms with Crippen molar-refractivity contribution in [1.82, 2.24) is 10.3 Å². The maximum atomic E-state index is 12.1. The molecule has 0 aliphatic heterocycles. The van der Waals surface area contributed by atoms with Gasteiger partial charge in [0, 0.05) is 19.0 Å². The van der Waals surface area contributed by atoms with Crippen molar-refractivity contribution in [3.05, 3.63) is 65.2 Å². The van der Waals surface area contributed by atoms with Gasteiger partial charge < -0.3 is 10.1 Å². The van der Waals surface area contributed by atoms with Gasteiger partial charge in [0.05, 0.1) is 15.2 Å². The van der Waals surface area contributed by atoms with Crippen LogP contribution in [0.4, 0.5) is 8.78 Å². The van der Waals surface area contributed by atoms with Crippen molar-refractivity contribution >= 4 is 33.5 Å². The molecule has 2 aromatic carbocycles. The molecule has 0 atom stereocenters. The van der Waals surface area contributed by atoms with E-state index < -0.39 is 6.61 Å². The number of fused-ring (bicyclic) bond motifs is 1. The number of nitrogens with zero attached hydrogens (tertiary/aromatic N) is 1. The van der Waals surface area contributed by atoms with E-state index in [1.165, 1.54) is 18.2 Å². The van der Waals surface area contributed by atoms with Crippen LogP contribution in [0.25, 0.3) is 16.3 Å². The minimum Gasteiger partial charge on any atom is -0.435 e. The lowest BCUT2D eigenvalue weighted by Gasteiger charge is -2.03. The summed E-state index contributed by atoms with van der Waals surface area (Å²) in [7, 11) is 0. The second kappa shape index (κ2) is 8.53. The highest BCUT2D eigenvalue weighted by Gasteiger charge is 2.04. The average Bonchev–Trinajstić information content (AvgIpc) is 3.03. The molecule has 4 nitrogen and oxygen atoms in total. The van der Waals surface area contributed by atoms with Gasteiger partial charge in [-0.3, -0.25) is 4.79 Å². The number of rotatable bonds is 7. The molecule has 0 spiro atoms. The van der Waals surface area contributed by atoms with Crippen molar-refractivity contribution < 1.29 is 18.3 Å². The van der Waals surface area contributed by atoms with Gasteiger partial charge in [-0.05, 0) is 35.9 Å². The first-order valence-electron chi connectivity index (χ1n) is 7.95. The fourth-order valence-corrected chi connectivity index (χ4v) is 3.28. The number of thiazole rings is 1. The lowest BCUT2D eigenvalue weighted by molar-refractivity contribution is -0.116. The SMILES string of the molecule is O=C(/C=C/c1ccc(OC(F)F)cc1)NCCc1nc2ccccc2s1. The van der Waals surface area contributed by atoms with E-state index >= 15 is 0 Å². The fraction of sp³-hybridized carbons (Fsp3) is 0.158. The van der Waals surface area contributed by atoms with Crippen LogP contribution in [0.2, 0.25) is 0 Å². The molecular weight excluding hydrogens is 358 g/mol. The molecule has 3 aromatic rings. The van der Waals surface area contributed by atoms with E-state index in [0.29, 0.717) is 18.5 Å². The number of nitrogens with one attached hydrogen (secondary N) is 1. The van der Waals surface area contributed by atoms with E-state index in [1.807, 2.05) is 24.3 Å². The summed E-state index contributed by atoms with van der Waals surface area (Å²) < 4.78 is 29.6. The van der Waals surface area contributed by atoms with Gasteiger partial charge in [0.25, 0.3) is 0 Å². The predicted molar refractivity (Wildman–Crippen MR) is 98.4 cm³/mol. The maximum Gasteiger partial charge on any atom is 0.387 e. The molecule has 0 bridgehead atoms. The van der Waals surface area contributed by atoms with Crippen molar-refractivity contribution in [2.45, 2.75) is 13.0 Å². The van der Waals surface area contributed by atoms with Gasteiger partial charge in [0.2, 0.25) is 5.91 Å². The summed E-state index contributed by atoms with van der Waals surface area (Å²) >= 11 is 1.62. The summed E-state index contributed by atoms with van der Waals surface area (Å²) in [5, 5.41) is 3.78. The molecule has 0 fully saturated rings. The second-order valence-corrected chi connectivity index (χ2v) is 6.51. The maximum absolute atomic E-state index is 12.1. The summed E-state index contributed by atoms with van der Waals surface area (Å²) in [5.74, 6) is -0.142. The Kier molecular flexibility index (Phi) is 5.91. The van der Waals surface area contributed by atoms with Gasteiger partial charge in [0.15, 0.2) is 0 Å². The lowest BCUT2D eigenvalue weighted by Crippen LogP contribution is -2.23. The van der Waals surface area contributed by atoms with Crippen LogP contribution in [0.15, 0.2) is 54.6 Å². The van der Waals surface area contributed by atoms with Gasteiger partial charge in [0.1, 0.15) is 5.75 Å². The number of ether oxygens (including phenoxy) is 1. The Morgan fingerprint density at radius 2 is 1.96 bits per heavy atom. The quantitative estimate of drug-likeness (QED) is 0.629. The topological polar surface area (TPSA) is 51.2 Å². The van der Waals surface area contributed by atoms with Crippen molar-refractivity contribution in [1.29, 1.82) is 0 Å². The minimum atomic E-state index is -2.85. The van der Waals surface area contributed by atoms with Crippen molar-refractivity contribution in [3.63, 3.8) is 0 Å². The zero-order valence-electron chi connectivity index (χ0n) is 13.7. The van der Waals surface area contributed by atoms with E-state index in [-0.39, 0.29) is 11.7 Å². The Hall–Kier alpha value is -2.80. The minimum absolute atomic E-state index is 0.0810. The van der Waals surface area contributed by atoms with E-state index in [4.69, 9.17) is 0 Å². The smallest absolute Gasteiger partial charge is 0.387 e. The average molecular weight is 374 g/mol. The number of aromatic nitrogens is 1. The van der Waals surface area contributed by atoms with Gasteiger partial charge in [-0.1, -0.05) is 24.3 Å². The molecule has 1 heterocycles. The molecule has 134 valence electrons. The van der Waals surface area contributed by atoms with Crippen LogP contribution in [0.5, 0.6) is 5.75 Å². The Morgan fingerprint density at radius 1 is 1.19 bits per heavy atom. The summed E-state index contributed by atoms with van der Waals surface area (Å²) in [4.78, 5) is 16.4. The van der Waals surface area contributed by atoms with E-state index in [9.17, 15) is 13.6 Å². The molecule has 26 heavy (non-hydrogen) atoms. The second-order valence-electron chi connectivity index (χ2n) is 5.40. The number of benzene rings is 2. The van der Waals surface area contributed by atoms with Crippen LogP contribution in [0.1, 0.15) is 10.6 Å². The highest BCUT2D eigenvalue weighted by atomic mass is 32.1. The molecule has 1 N–H and O–H groups in total. The molecule has 0 saturated carbocycles. The highest BCUT2D eigenvalue weighted by Crippen LogP contribution is 2.21. The van der Waals surface area contributed by atoms with Crippen LogP contribution >= 0.6 is 11.3 Å². The first-order chi connectivity index (χ1) is 12.6. The molecule has 3 rings (SSSR count). The highest BCUT2D eigenvalue weighted by molar-refractivity contribution is 7.18. The van der Waals surface area contributed by atoms with E-state index in [2.05, 4.69) is 15.0 Å². The first kappa shape index (κ1) is 18.0. The Balaban J connectivity index is 1.46. The molecule has 1 aromatic heterocycles. The molecule has 7 heteroatoms. The summed E-state index contributed by atoms with van der Waals surface area (Å²) in [6, 6.07) is 14.0. The number of halogens is 2. The molecule has 0 saturated heterocycles. The van der Waals surface area contributed by atoms with Crippen LogP contribution in [0, 0.1) is 0 Å². The summed E-state index contributed by atoms with van der Waals surface area (Å²) in [6.07, 6.45) is 3.68. The molecule has 1 amide bonds. The third-order valence-corrected chi connectivity index (χ3v) is 4.60. The standard InChI is InChI=1S/C19H16F2N2O2S/c20-19(21)25-14-8-5-13(6-9-14)7-10-17(24)22-12-11-18-23-15-3-1-2-4-16(15)26-18/h1-10,19H,11-12H2,(H,22,24)/b10-7+. The van der Waals surface area contributed by atoms with Crippen molar-refractivity contribution in [2.24, 2.45) is 0 Å². The predicted octanol–water partition coefficient (Wildman–Crippen LogP) is 4.27. The number of hydrogen-bond acceptors (Lipinski definition) is 4. The Morgan fingerprint density at radius 3 is 2.69 bits per heavy atom. The van der Waals surface area contributed by atoms with Crippen molar-refractivity contribution in [2.75, 3.05) is 6.54 Å². The zero-order valence-corrected chi connectivity index (χ0v) is 14.5. The van der Waals surface area contributed by atoms with Crippen LogP contribution in [0.3, 0.4) is 0 Å². The number of alkyl halides is 2. The van der Waals surface area contributed by atoms with E-state index in [0.717, 1.165) is 15.2 Å². The van der Waals surface area contributed by atoms with Crippen LogP contribution < -0.4 is 10.1 Å². The number of para-hydroxylation sites is 1. The molecule has 0 radical (unpaired) electrons. The Bertz CT molecular complexity index is 874. The first-order valence-corrected chi connectivity index (χ1v) is 8.77. The van der Waals surface area contributed by atoms with Gasteiger partial charge in [-0.2, -0.15) is 8.78 Å². The van der Waals surface area contributed by atoms with Gasteiger partial charge in [-0.15, -0.1) is 11.3 Å². The number of carbonyl (C=O) groups is 1. The summed E-state index contributed by atoms with van der Waals surface area (Å²) in [6.45, 7) is -2.36. The molecule has 0 aliphatic rings. The molecule has 0 unspecified atom stereocenters. The third-order valence-electron chi connectivity index (χ3n) is 3.51.